The van der Waals surface area contributed by atoms with Crippen LogP contribution in [0.1, 0.15) is 13.3 Å². The summed E-state index contributed by atoms with van der Waals surface area (Å²) in [6.07, 6.45) is -3.43. The number of allylic oxidation sites excluding steroid dienone is 2. The van der Waals surface area contributed by atoms with Crippen LogP contribution in [-0.2, 0) is 0 Å². The van der Waals surface area contributed by atoms with E-state index in [0.29, 0.717) is 6.08 Å². The maximum atomic E-state index is 12.5. The van der Waals surface area contributed by atoms with Crippen LogP contribution in [0, 0.1) is 10.1 Å². The number of alkyl halides is 3. The van der Waals surface area contributed by atoms with Gasteiger partial charge in [-0.05, 0) is 6.42 Å². The Hall–Kier alpha value is -1.41. The molecule has 0 aliphatic heterocycles. The van der Waals surface area contributed by atoms with Crippen LogP contribution in [-0.4, -0.2) is 22.7 Å². The molecule has 0 fully saturated rings. The molecule has 0 bridgehead atoms. The van der Waals surface area contributed by atoms with Crippen molar-refractivity contribution in [1.29, 1.82) is 0 Å². The van der Waals surface area contributed by atoms with Crippen LogP contribution in [0.25, 0.3) is 0 Å². The van der Waals surface area contributed by atoms with E-state index in [1.807, 2.05) is 0 Å². The lowest BCUT2D eigenvalue weighted by molar-refractivity contribution is -0.436. The third kappa shape index (κ3) is 2.32. The fourth-order valence-corrected chi connectivity index (χ4v) is 1.66. The van der Waals surface area contributed by atoms with Crippen molar-refractivity contribution in [2.24, 2.45) is 11.5 Å². The Labute approximate surface area is 95.1 Å². The summed E-state index contributed by atoms with van der Waals surface area (Å²) in [4.78, 5) is 9.84. The van der Waals surface area contributed by atoms with Crippen LogP contribution in [0.4, 0.5) is 13.2 Å². The van der Waals surface area contributed by atoms with Crippen molar-refractivity contribution >= 4 is 0 Å². The van der Waals surface area contributed by atoms with Gasteiger partial charge in [-0.3, -0.25) is 10.1 Å². The summed E-state index contributed by atoms with van der Waals surface area (Å²) < 4.78 is 37.4. The lowest BCUT2D eigenvalue weighted by Crippen LogP contribution is -2.58. The first-order valence-electron chi connectivity index (χ1n) is 4.83. The maximum Gasteiger partial charge on any atom is 0.416 e. The minimum absolute atomic E-state index is 0.0720. The van der Waals surface area contributed by atoms with Crippen molar-refractivity contribution < 1.29 is 18.1 Å². The molecule has 5 nitrogen and oxygen atoms in total. The van der Waals surface area contributed by atoms with Crippen molar-refractivity contribution in [2.45, 2.75) is 31.1 Å². The molecule has 2 atom stereocenters. The Balaban J connectivity index is 3.31. The molecule has 0 aromatic heterocycles. The quantitative estimate of drug-likeness (QED) is 0.567. The summed E-state index contributed by atoms with van der Waals surface area (Å²) in [5.74, 6) is 0. The van der Waals surface area contributed by atoms with Gasteiger partial charge < -0.3 is 11.5 Å². The second-order valence-electron chi connectivity index (χ2n) is 3.83. The highest BCUT2D eigenvalue weighted by atomic mass is 19.4. The number of hydrogen-bond acceptors (Lipinski definition) is 4. The van der Waals surface area contributed by atoms with Gasteiger partial charge in [0.15, 0.2) is 0 Å². The van der Waals surface area contributed by atoms with Crippen molar-refractivity contribution in [2.75, 3.05) is 0 Å². The summed E-state index contributed by atoms with van der Waals surface area (Å²) in [6, 6.07) is -1.24. The highest BCUT2D eigenvalue weighted by Gasteiger charge is 2.48. The van der Waals surface area contributed by atoms with E-state index in [1.165, 1.54) is 6.92 Å². The zero-order valence-electron chi connectivity index (χ0n) is 8.99. The van der Waals surface area contributed by atoms with Gasteiger partial charge in [-0.15, -0.1) is 0 Å². The van der Waals surface area contributed by atoms with Gasteiger partial charge in [0.1, 0.15) is 5.54 Å². The minimum Gasteiger partial charge on any atom is -0.322 e. The fraction of sp³-hybridized carbons (Fsp3) is 0.556. The molecule has 1 aliphatic carbocycles. The maximum absolute atomic E-state index is 12.5. The molecule has 8 heteroatoms. The van der Waals surface area contributed by atoms with E-state index in [-0.39, 0.29) is 6.42 Å². The molecular formula is C9H12F3N3O2. The van der Waals surface area contributed by atoms with Crippen molar-refractivity contribution in [1.82, 2.24) is 0 Å². The summed E-state index contributed by atoms with van der Waals surface area (Å²) in [5.41, 5.74) is 7.79. The zero-order valence-corrected chi connectivity index (χ0v) is 8.99. The molecule has 4 N–H and O–H groups in total. The second kappa shape index (κ2) is 4.11. The number of rotatable bonds is 2. The van der Waals surface area contributed by atoms with E-state index >= 15 is 0 Å². The van der Waals surface area contributed by atoms with Gasteiger partial charge in [-0.1, -0.05) is 13.0 Å². The smallest absolute Gasteiger partial charge is 0.322 e. The first-order valence-corrected chi connectivity index (χ1v) is 4.83. The van der Waals surface area contributed by atoms with Gasteiger partial charge in [-0.2, -0.15) is 13.2 Å². The zero-order chi connectivity index (χ0) is 13.4. The average molecular weight is 251 g/mol. The molecule has 0 heterocycles. The van der Waals surface area contributed by atoms with Gasteiger partial charge in [0.05, 0.1) is 16.5 Å². The third-order valence-corrected chi connectivity index (χ3v) is 2.83. The molecule has 0 spiro atoms. The summed E-state index contributed by atoms with van der Waals surface area (Å²) >= 11 is 0. The third-order valence-electron chi connectivity index (χ3n) is 2.83. The molecule has 0 aromatic carbocycles. The van der Waals surface area contributed by atoms with Crippen LogP contribution in [0.3, 0.4) is 0 Å². The molecule has 0 saturated heterocycles. The van der Waals surface area contributed by atoms with Crippen molar-refractivity contribution in [3.8, 4) is 0 Å². The van der Waals surface area contributed by atoms with Gasteiger partial charge >= 0.3 is 6.18 Å². The summed E-state index contributed by atoms with van der Waals surface area (Å²) in [6.45, 7) is 1.53. The predicted octanol–water partition coefficient (Wildman–Crippen LogP) is 1.08. The molecule has 0 amide bonds. The SMILES string of the molecule is CCC1(N)C([N+](=O)[O-])=CC(C(F)(F)F)=CC1N. The van der Waals surface area contributed by atoms with Gasteiger partial charge in [-0.25, -0.2) is 0 Å². The van der Waals surface area contributed by atoms with Crippen LogP contribution in [0.2, 0.25) is 0 Å². The van der Waals surface area contributed by atoms with E-state index in [9.17, 15) is 23.3 Å². The Morgan fingerprint density at radius 1 is 1.59 bits per heavy atom. The standard InChI is InChI=1S/C9H12F3N3O2/c1-2-8(14)6(13)3-5(9(10,11)12)4-7(8)15(16)17/h3-4,6H,2,13-14H2,1H3. The Kier molecular flexibility index (Phi) is 3.30. The molecule has 0 aromatic rings. The van der Waals surface area contributed by atoms with Crippen LogP contribution >= 0.6 is 0 Å². The average Bonchev–Trinajstić information content (AvgIpc) is 2.19. The van der Waals surface area contributed by atoms with Gasteiger partial charge in [0.2, 0.25) is 0 Å². The normalized spacial score (nSPS) is 29.6. The fourth-order valence-electron chi connectivity index (χ4n) is 1.66. The Morgan fingerprint density at radius 3 is 2.47 bits per heavy atom. The number of halogens is 3. The van der Waals surface area contributed by atoms with Crippen molar-refractivity contribution in [3.63, 3.8) is 0 Å². The highest BCUT2D eigenvalue weighted by Crippen LogP contribution is 2.35. The molecular weight excluding hydrogens is 239 g/mol. The topological polar surface area (TPSA) is 95.2 Å². The molecule has 17 heavy (non-hydrogen) atoms. The predicted molar refractivity (Wildman–Crippen MR) is 54.4 cm³/mol. The van der Waals surface area contributed by atoms with Crippen LogP contribution in [0.15, 0.2) is 23.4 Å². The second-order valence-corrected chi connectivity index (χ2v) is 3.83. The lowest BCUT2D eigenvalue weighted by Gasteiger charge is -2.33. The number of hydrogen-bond donors (Lipinski definition) is 2. The van der Waals surface area contributed by atoms with E-state index in [4.69, 9.17) is 11.5 Å². The summed E-state index contributed by atoms with van der Waals surface area (Å²) in [7, 11) is 0. The first kappa shape index (κ1) is 13.7. The molecule has 0 saturated carbocycles. The Morgan fingerprint density at radius 2 is 2.12 bits per heavy atom. The number of nitrogens with zero attached hydrogens (tertiary/aromatic N) is 1. The van der Waals surface area contributed by atoms with E-state index < -0.39 is 34.0 Å². The molecule has 1 aliphatic rings. The molecule has 96 valence electrons. The van der Waals surface area contributed by atoms with E-state index in [1.54, 1.807) is 0 Å². The Bertz CT molecular complexity index is 403. The monoisotopic (exact) mass is 251 g/mol. The number of nitrogens with two attached hydrogens (primary N) is 2. The van der Waals surface area contributed by atoms with E-state index in [2.05, 4.69) is 0 Å². The highest BCUT2D eigenvalue weighted by molar-refractivity contribution is 5.39. The van der Waals surface area contributed by atoms with E-state index in [0.717, 1.165) is 6.08 Å². The first-order chi connectivity index (χ1) is 7.63. The van der Waals surface area contributed by atoms with Gasteiger partial charge in [0.25, 0.3) is 5.70 Å². The van der Waals surface area contributed by atoms with Crippen molar-refractivity contribution in [3.05, 3.63) is 33.5 Å². The largest absolute Gasteiger partial charge is 0.416 e. The molecule has 0 radical (unpaired) electrons. The number of nitro groups is 1. The van der Waals surface area contributed by atoms with Crippen LogP contribution in [0.5, 0.6) is 0 Å². The van der Waals surface area contributed by atoms with Crippen LogP contribution < -0.4 is 11.5 Å². The molecule has 2 unspecified atom stereocenters. The summed E-state index contributed by atoms with van der Waals surface area (Å²) in [5, 5.41) is 10.8. The minimum atomic E-state index is -4.67. The molecule has 1 rings (SSSR count). The van der Waals surface area contributed by atoms with Gasteiger partial charge in [0, 0.05) is 6.08 Å². The lowest BCUT2D eigenvalue weighted by atomic mass is 9.80.